The first-order valence-electron chi connectivity index (χ1n) is 7.77. The molecule has 7 heteroatoms. The second-order valence-corrected chi connectivity index (χ2v) is 5.71. The molecule has 3 aromatic rings. The third-order valence-corrected chi connectivity index (χ3v) is 4.03. The molecule has 0 bridgehead atoms. The summed E-state index contributed by atoms with van der Waals surface area (Å²) in [6.45, 7) is 1.85. The van der Waals surface area contributed by atoms with Crippen LogP contribution in [0.2, 0.25) is 0 Å². The fourth-order valence-electron chi connectivity index (χ4n) is 2.65. The van der Waals surface area contributed by atoms with Gasteiger partial charge in [-0.15, -0.1) is 0 Å². The van der Waals surface area contributed by atoms with Crippen molar-refractivity contribution in [3.63, 3.8) is 0 Å². The number of carbonyl (C=O) groups is 2. The molecule has 25 heavy (non-hydrogen) atoms. The second kappa shape index (κ2) is 6.64. The van der Waals surface area contributed by atoms with Gasteiger partial charge in [0.1, 0.15) is 11.3 Å². The Labute approximate surface area is 144 Å². The van der Waals surface area contributed by atoms with Gasteiger partial charge in [-0.3, -0.25) is 9.48 Å². The number of nitrogens with one attached hydrogen (secondary N) is 1. The molecule has 0 saturated heterocycles. The Hall–Kier alpha value is -3.35. The molecule has 0 spiro atoms. The van der Waals surface area contributed by atoms with Gasteiger partial charge in [-0.1, -0.05) is 12.1 Å². The Bertz CT molecular complexity index is 895. The van der Waals surface area contributed by atoms with Crippen LogP contribution in [0.4, 0.5) is 0 Å². The van der Waals surface area contributed by atoms with Crippen LogP contribution < -0.4 is 5.32 Å². The molecule has 1 atom stereocenters. The van der Waals surface area contributed by atoms with E-state index in [0.29, 0.717) is 0 Å². The zero-order valence-corrected chi connectivity index (χ0v) is 13.9. The van der Waals surface area contributed by atoms with E-state index in [0.717, 1.165) is 11.3 Å². The number of aromatic carboxylic acids is 1. The number of aryl methyl sites for hydroxylation is 1. The summed E-state index contributed by atoms with van der Waals surface area (Å²) in [6, 6.07) is 11.4. The molecule has 0 fully saturated rings. The molecule has 2 N–H and O–H groups in total. The SMILES string of the molecule is C[C@H](NC(=O)c1c(C(=O)O)cnn1C)c1ccc(-n2cccc2)cc1. The van der Waals surface area contributed by atoms with Gasteiger partial charge in [-0.05, 0) is 36.8 Å². The molecule has 3 rings (SSSR count). The third-order valence-electron chi connectivity index (χ3n) is 4.03. The summed E-state index contributed by atoms with van der Waals surface area (Å²) in [6.07, 6.45) is 5.08. The number of aromatic nitrogens is 3. The van der Waals surface area contributed by atoms with Gasteiger partial charge in [0.2, 0.25) is 0 Å². The van der Waals surface area contributed by atoms with Crippen LogP contribution in [0.1, 0.15) is 39.4 Å². The molecular weight excluding hydrogens is 320 g/mol. The van der Waals surface area contributed by atoms with E-state index in [4.69, 9.17) is 5.11 Å². The molecule has 7 nitrogen and oxygen atoms in total. The minimum atomic E-state index is -1.18. The molecule has 0 aliphatic rings. The van der Waals surface area contributed by atoms with Crippen LogP contribution in [0.15, 0.2) is 55.0 Å². The molecule has 0 aliphatic carbocycles. The van der Waals surface area contributed by atoms with Crippen molar-refractivity contribution in [2.45, 2.75) is 13.0 Å². The molecule has 2 heterocycles. The number of carbonyl (C=O) groups excluding carboxylic acids is 1. The number of hydrogen-bond donors (Lipinski definition) is 2. The Balaban J connectivity index is 1.76. The Kier molecular flexibility index (Phi) is 4.38. The van der Waals surface area contributed by atoms with Crippen LogP contribution in [0, 0.1) is 0 Å². The van der Waals surface area contributed by atoms with Crippen molar-refractivity contribution >= 4 is 11.9 Å². The average Bonchev–Trinajstić information content (AvgIpc) is 3.24. The molecule has 0 aliphatic heterocycles. The molecule has 0 saturated carbocycles. The average molecular weight is 338 g/mol. The van der Waals surface area contributed by atoms with E-state index in [1.807, 2.05) is 60.3 Å². The third kappa shape index (κ3) is 3.30. The lowest BCUT2D eigenvalue weighted by atomic mass is 10.1. The monoisotopic (exact) mass is 338 g/mol. The minimum absolute atomic E-state index is 0.0308. The van der Waals surface area contributed by atoms with Gasteiger partial charge >= 0.3 is 5.97 Å². The number of rotatable bonds is 5. The van der Waals surface area contributed by atoms with Gasteiger partial charge in [0.05, 0.1) is 12.2 Å². The van der Waals surface area contributed by atoms with E-state index in [1.54, 1.807) is 0 Å². The fourth-order valence-corrected chi connectivity index (χ4v) is 2.65. The summed E-state index contributed by atoms with van der Waals surface area (Å²) in [5, 5.41) is 15.8. The molecule has 128 valence electrons. The lowest BCUT2D eigenvalue weighted by molar-refractivity contribution is 0.0690. The van der Waals surface area contributed by atoms with Crippen LogP contribution in [0.5, 0.6) is 0 Å². The van der Waals surface area contributed by atoms with Crippen molar-refractivity contribution in [3.05, 3.63) is 71.8 Å². The first-order valence-corrected chi connectivity index (χ1v) is 7.77. The van der Waals surface area contributed by atoms with E-state index >= 15 is 0 Å². The van der Waals surface area contributed by atoms with Gasteiger partial charge in [0.25, 0.3) is 5.91 Å². The fraction of sp³-hybridized carbons (Fsp3) is 0.167. The molecule has 0 radical (unpaired) electrons. The summed E-state index contributed by atoms with van der Waals surface area (Å²) >= 11 is 0. The Morgan fingerprint density at radius 3 is 2.40 bits per heavy atom. The van der Waals surface area contributed by atoms with Gasteiger partial charge in [-0.2, -0.15) is 5.10 Å². The van der Waals surface area contributed by atoms with Crippen molar-refractivity contribution < 1.29 is 14.7 Å². The molecule has 2 aromatic heterocycles. The first kappa shape index (κ1) is 16.5. The second-order valence-electron chi connectivity index (χ2n) is 5.71. The van der Waals surface area contributed by atoms with Crippen molar-refractivity contribution in [1.29, 1.82) is 0 Å². The normalized spacial score (nSPS) is 11.9. The van der Waals surface area contributed by atoms with Crippen molar-refractivity contribution in [3.8, 4) is 5.69 Å². The van der Waals surface area contributed by atoms with Gasteiger partial charge in [-0.25, -0.2) is 4.79 Å². The predicted octanol–water partition coefficient (Wildman–Crippen LogP) is 2.40. The van der Waals surface area contributed by atoms with E-state index in [2.05, 4.69) is 10.4 Å². The highest BCUT2D eigenvalue weighted by Crippen LogP contribution is 2.17. The van der Waals surface area contributed by atoms with Crippen LogP contribution in [-0.2, 0) is 7.05 Å². The Morgan fingerprint density at radius 1 is 1.16 bits per heavy atom. The maximum atomic E-state index is 12.4. The summed E-state index contributed by atoms with van der Waals surface area (Å²) in [5.41, 5.74) is 1.86. The summed E-state index contributed by atoms with van der Waals surface area (Å²) in [5.74, 6) is -1.65. The van der Waals surface area contributed by atoms with E-state index in [9.17, 15) is 9.59 Å². The number of benzene rings is 1. The Morgan fingerprint density at radius 2 is 1.80 bits per heavy atom. The predicted molar refractivity (Wildman–Crippen MR) is 91.8 cm³/mol. The van der Waals surface area contributed by atoms with Crippen LogP contribution >= 0.6 is 0 Å². The standard InChI is InChI=1S/C18H18N4O3/c1-12(13-5-7-14(8-6-13)22-9-3-4-10-22)20-17(23)16-15(18(24)25)11-19-21(16)2/h3-12H,1-2H3,(H,20,23)(H,24,25)/t12-/m0/s1. The van der Waals surface area contributed by atoms with Crippen molar-refractivity contribution in [2.75, 3.05) is 0 Å². The van der Waals surface area contributed by atoms with E-state index in [1.165, 1.54) is 17.9 Å². The van der Waals surface area contributed by atoms with Crippen LogP contribution in [0.3, 0.4) is 0 Å². The van der Waals surface area contributed by atoms with Crippen molar-refractivity contribution in [2.24, 2.45) is 7.05 Å². The number of carboxylic acids is 1. The highest BCUT2D eigenvalue weighted by Gasteiger charge is 2.23. The number of amides is 1. The number of hydrogen-bond acceptors (Lipinski definition) is 3. The van der Waals surface area contributed by atoms with Crippen LogP contribution in [0.25, 0.3) is 5.69 Å². The molecule has 1 amide bonds. The maximum absolute atomic E-state index is 12.4. The number of nitrogens with zero attached hydrogens (tertiary/aromatic N) is 3. The quantitative estimate of drug-likeness (QED) is 0.747. The lowest BCUT2D eigenvalue weighted by Gasteiger charge is -2.15. The van der Waals surface area contributed by atoms with Crippen LogP contribution in [-0.4, -0.2) is 31.3 Å². The van der Waals surface area contributed by atoms with E-state index < -0.39 is 11.9 Å². The topological polar surface area (TPSA) is 89.2 Å². The molecular formula is C18H18N4O3. The first-order chi connectivity index (χ1) is 12.0. The minimum Gasteiger partial charge on any atom is -0.478 e. The summed E-state index contributed by atoms with van der Waals surface area (Å²) < 4.78 is 3.25. The lowest BCUT2D eigenvalue weighted by Crippen LogP contribution is -2.29. The molecule has 0 unspecified atom stereocenters. The zero-order valence-electron chi connectivity index (χ0n) is 13.9. The van der Waals surface area contributed by atoms with Crippen molar-refractivity contribution in [1.82, 2.24) is 19.7 Å². The van der Waals surface area contributed by atoms with Gasteiger partial charge in [0.15, 0.2) is 0 Å². The highest BCUT2D eigenvalue weighted by atomic mass is 16.4. The smallest absolute Gasteiger partial charge is 0.339 e. The largest absolute Gasteiger partial charge is 0.478 e. The van der Waals surface area contributed by atoms with Gasteiger partial charge < -0.3 is 15.0 Å². The summed E-state index contributed by atoms with van der Waals surface area (Å²) in [7, 11) is 1.54. The molecule has 1 aromatic carbocycles. The maximum Gasteiger partial charge on any atom is 0.339 e. The zero-order chi connectivity index (χ0) is 18.0. The highest BCUT2D eigenvalue weighted by molar-refractivity contribution is 6.03. The number of carboxylic acid groups (broad SMARTS) is 1. The summed E-state index contributed by atoms with van der Waals surface area (Å²) in [4.78, 5) is 23.7. The van der Waals surface area contributed by atoms with E-state index in [-0.39, 0.29) is 17.3 Å². The van der Waals surface area contributed by atoms with Gasteiger partial charge in [0, 0.05) is 25.1 Å².